The lowest BCUT2D eigenvalue weighted by atomic mass is 9.89. The summed E-state index contributed by atoms with van der Waals surface area (Å²) in [4.78, 5) is 2.80. The molecular formula is C17H34N2O. The van der Waals surface area contributed by atoms with E-state index in [1.54, 1.807) is 0 Å². The van der Waals surface area contributed by atoms with Gasteiger partial charge < -0.3 is 10.1 Å². The molecule has 0 amide bonds. The fraction of sp³-hybridized carbons (Fsp3) is 1.00. The van der Waals surface area contributed by atoms with Gasteiger partial charge in [0.05, 0.1) is 5.60 Å². The first-order valence-electron chi connectivity index (χ1n) is 8.54. The van der Waals surface area contributed by atoms with Crippen molar-refractivity contribution in [3.05, 3.63) is 0 Å². The maximum absolute atomic E-state index is 5.90. The summed E-state index contributed by atoms with van der Waals surface area (Å²) in [6.07, 6.45) is 4.92. The first-order chi connectivity index (χ1) is 9.41. The zero-order valence-corrected chi connectivity index (χ0v) is 14.1. The fourth-order valence-electron chi connectivity index (χ4n) is 3.92. The normalized spacial score (nSPS) is 35.4. The first-order valence-corrected chi connectivity index (χ1v) is 8.54. The van der Waals surface area contributed by atoms with Crippen LogP contribution in [0.4, 0.5) is 0 Å². The van der Waals surface area contributed by atoms with Crippen molar-refractivity contribution in [3.8, 4) is 0 Å². The number of nitrogens with one attached hydrogen (secondary N) is 1. The molecule has 0 aromatic carbocycles. The van der Waals surface area contributed by atoms with E-state index in [0.29, 0.717) is 18.1 Å². The second kappa shape index (κ2) is 6.76. The molecule has 3 heteroatoms. The third-order valence-corrected chi connectivity index (χ3v) is 4.91. The predicted molar refractivity (Wildman–Crippen MR) is 85.1 cm³/mol. The van der Waals surface area contributed by atoms with E-state index in [1.807, 2.05) is 0 Å². The van der Waals surface area contributed by atoms with Gasteiger partial charge in [-0.05, 0) is 45.4 Å². The van der Waals surface area contributed by atoms with Gasteiger partial charge >= 0.3 is 0 Å². The Balaban J connectivity index is 2.01. The molecule has 0 aromatic heterocycles. The van der Waals surface area contributed by atoms with Gasteiger partial charge in [-0.3, -0.25) is 4.90 Å². The van der Waals surface area contributed by atoms with Crippen LogP contribution < -0.4 is 5.32 Å². The van der Waals surface area contributed by atoms with Crippen LogP contribution in [0.15, 0.2) is 0 Å². The molecule has 0 aliphatic carbocycles. The summed E-state index contributed by atoms with van der Waals surface area (Å²) in [5.41, 5.74) is 0.0552. The van der Waals surface area contributed by atoms with Crippen molar-refractivity contribution in [2.75, 3.05) is 19.7 Å². The van der Waals surface area contributed by atoms with Crippen molar-refractivity contribution >= 4 is 0 Å². The van der Waals surface area contributed by atoms with Crippen LogP contribution in [0, 0.1) is 5.92 Å². The summed E-state index contributed by atoms with van der Waals surface area (Å²) in [5, 5.41) is 3.77. The SMILES string of the molecule is CCC1CNC(CC(C)C)CN1C1CCOC(C)(C)C1. The summed E-state index contributed by atoms with van der Waals surface area (Å²) in [5.74, 6) is 0.777. The van der Waals surface area contributed by atoms with Crippen molar-refractivity contribution in [2.24, 2.45) is 5.92 Å². The lowest BCUT2D eigenvalue weighted by Gasteiger charge is -2.48. The largest absolute Gasteiger partial charge is 0.375 e. The average Bonchev–Trinajstić information content (AvgIpc) is 2.36. The van der Waals surface area contributed by atoms with Crippen LogP contribution in [0.3, 0.4) is 0 Å². The number of piperazine rings is 1. The second-order valence-electron chi connectivity index (χ2n) is 7.75. The highest BCUT2D eigenvalue weighted by atomic mass is 16.5. The van der Waals surface area contributed by atoms with E-state index >= 15 is 0 Å². The van der Waals surface area contributed by atoms with Crippen molar-refractivity contribution in [3.63, 3.8) is 0 Å². The van der Waals surface area contributed by atoms with Crippen molar-refractivity contribution in [1.82, 2.24) is 10.2 Å². The van der Waals surface area contributed by atoms with Crippen LogP contribution in [-0.2, 0) is 4.74 Å². The Hall–Kier alpha value is -0.120. The lowest BCUT2D eigenvalue weighted by Crippen LogP contribution is -2.61. The third kappa shape index (κ3) is 4.19. The standard InChI is InChI=1S/C17H34N2O/c1-6-15-11-18-14(9-13(2)3)12-19(15)16-7-8-20-17(4,5)10-16/h13-16,18H,6-12H2,1-5H3. The topological polar surface area (TPSA) is 24.5 Å². The van der Waals surface area contributed by atoms with Crippen molar-refractivity contribution in [2.45, 2.75) is 84.0 Å². The van der Waals surface area contributed by atoms with Crippen LogP contribution in [0.1, 0.15) is 60.3 Å². The van der Waals surface area contributed by atoms with E-state index in [2.05, 4.69) is 44.8 Å². The molecule has 0 bridgehead atoms. The highest BCUT2D eigenvalue weighted by molar-refractivity contribution is 4.93. The molecule has 2 fully saturated rings. The van der Waals surface area contributed by atoms with E-state index in [4.69, 9.17) is 4.74 Å². The summed E-state index contributed by atoms with van der Waals surface area (Å²) < 4.78 is 5.90. The van der Waals surface area contributed by atoms with E-state index in [0.717, 1.165) is 19.1 Å². The molecule has 2 rings (SSSR count). The maximum atomic E-state index is 5.90. The Labute approximate surface area is 125 Å². The maximum Gasteiger partial charge on any atom is 0.0641 e. The van der Waals surface area contributed by atoms with Crippen LogP contribution in [0.2, 0.25) is 0 Å². The Morgan fingerprint density at radius 1 is 1.35 bits per heavy atom. The van der Waals surface area contributed by atoms with Gasteiger partial charge in [-0.2, -0.15) is 0 Å². The molecule has 2 aliphatic rings. The minimum Gasteiger partial charge on any atom is -0.375 e. The Bertz CT molecular complexity index is 303. The van der Waals surface area contributed by atoms with E-state index in [9.17, 15) is 0 Å². The smallest absolute Gasteiger partial charge is 0.0641 e. The second-order valence-corrected chi connectivity index (χ2v) is 7.75. The van der Waals surface area contributed by atoms with Crippen LogP contribution in [0.25, 0.3) is 0 Å². The van der Waals surface area contributed by atoms with Crippen LogP contribution in [0.5, 0.6) is 0 Å². The third-order valence-electron chi connectivity index (χ3n) is 4.91. The number of hydrogen-bond acceptors (Lipinski definition) is 3. The van der Waals surface area contributed by atoms with E-state index < -0.39 is 0 Å². The number of rotatable bonds is 4. The zero-order chi connectivity index (χ0) is 14.8. The summed E-state index contributed by atoms with van der Waals surface area (Å²) in [6, 6.07) is 2.08. The van der Waals surface area contributed by atoms with Crippen LogP contribution >= 0.6 is 0 Å². The minimum absolute atomic E-state index is 0.0552. The van der Waals surface area contributed by atoms with Gasteiger partial charge in [-0.1, -0.05) is 20.8 Å². The predicted octanol–water partition coefficient (Wildman–Crippen LogP) is 3.04. The van der Waals surface area contributed by atoms with Gasteiger partial charge in [0, 0.05) is 37.8 Å². The van der Waals surface area contributed by atoms with E-state index in [-0.39, 0.29) is 5.60 Å². The van der Waals surface area contributed by atoms with Crippen molar-refractivity contribution in [1.29, 1.82) is 0 Å². The molecular weight excluding hydrogens is 248 g/mol. The summed E-state index contributed by atoms with van der Waals surface area (Å²) >= 11 is 0. The molecule has 20 heavy (non-hydrogen) atoms. The number of ether oxygens (including phenoxy) is 1. The van der Waals surface area contributed by atoms with Crippen LogP contribution in [-0.4, -0.2) is 48.3 Å². The summed E-state index contributed by atoms with van der Waals surface area (Å²) in [6.45, 7) is 14.8. The van der Waals surface area contributed by atoms with Gasteiger partial charge in [0.1, 0.15) is 0 Å². The molecule has 2 aliphatic heterocycles. The number of hydrogen-bond donors (Lipinski definition) is 1. The molecule has 3 unspecified atom stereocenters. The molecule has 0 aromatic rings. The fourth-order valence-corrected chi connectivity index (χ4v) is 3.92. The molecule has 3 nitrogen and oxygen atoms in total. The molecule has 2 saturated heterocycles. The van der Waals surface area contributed by atoms with Gasteiger partial charge in [0.2, 0.25) is 0 Å². The highest BCUT2D eigenvalue weighted by Gasteiger charge is 2.37. The first kappa shape index (κ1) is 16.3. The Morgan fingerprint density at radius 2 is 2.10 bits per heavy atom. The Kier molecular flexibility index (Phi) is 5.49. The molecule has 2 heterocycles. The van der Waals surface area contributed by atoms with Gasteiger partial charge in [0.25, 0.3) is 0 Å². The zero-order valence-electron chi connectivity index (χ0n) is 14.1. The number of nitrogens with zero attached hydrogens (tertiary/aromatic N) is 1. The van der Waals surface area contributed by atoms with Crippen molar-refractivity contribution < 1.29 is 4.74 Å². The highest BCUT2D eigenvalue weighted by Crippen LogP contribution is 2.30. The monoisotopic (exact) mass is 282 g/mol. The minimum atomic E-state index is 0.0552. The molecule has 0 saturated carbocycles. The Morgan fingerprint density at radius 3 is 2.70 bits per heavy atom. The molecule has 118 valence electrons. The van der Waals surface area contributed by atoms with Gasteiger partial charge in [-0.25, -0.2) is 0 Å². The molecule has 3 atom stereocenters. The molecule has 0 radical (unpaired) electrons. The molecule has 0 spiro atoms. The quantitative estimate of drug-likeness (QED) is 0.858. The summed E-state index contributed by atoms with van der Waals surface area (Å²) in [7, 11) is 0. The van der Waals surface area contributed by atoms with E-state index in [1.165, 1.54) is 32.2 Å². The van der Waals surface area contributed by atoms with Gasteiger partial charge in [0.15, 0.2) is 0 Å². The lowest BCUT2D eigenvalue weighted by molar-refractivity contribution is -0.0945. The molecule has 1 N–H and O–H groups in total. The van der Waals surface area contributed by atoms with Gasteiger partial charge in [-0.15, -0.1) is 0 Å². The average molecular weight is 282 g/mol.